The van der Waals surface area contributed by atoms with E-state index in [2.05, 4.69) is 56.1 Å². The van der Waals surface area contributed by atoms with E-state index in [1.807, 2.05) is 0 Å². The quantitative estimate of drug-likeness (QED) is 0.845. The van der Waals surface area contributed by atoms with Crippen LogP contribution in [0.25, 0.3) is 5.57 Å². The summed E-state index contributed by atoms with van der Waals surface area (Å²) in [5, 5.41) is 0. The molecule has 3 rings (SSSR count). The SMILES string of the molecule is CC(C)Oc1ccc(C2=CC3COCC(C2)N3C)cc1. The molecular formula is C17H23NO2. The minimum absolute atomic E-state index is 0.222. The van der Waals surface area contributed by atoms with E-state index in [9.17, 15) is 0 Å². The van der Waals surface area contributed by atoms with Crippen molar-refractivity contribution in [1.82, 2.24) is 4.90 Å². The van der Waals surface area contributed by atoms with Crippen molar-refractivity contribution in [3.05, 3.63) is 35.9 Å². The van der Waals surface area contributed by atoms with E-state index in [1.165, 1.54) is 11.1 Å². The Kier molecular flexibility index (Phi) is 3.81. The molecule has 2 unspecified atom stereocenters. The molecule has 2 aliphatic heterocycles. The molecule has 0 spiro atoms. The van der Waals surface area contributed by atoms with Gasteiger partial charge >= 0.3 is 0 Å². The van der Waals surface area contributed by atoms with Gasteiger partial charge in [0, 0.05) is 6.04 Å². The van der Waals surface area contributed by atoms with Crippen LogP contribution in [0, 0.1) is 0 Å². The van der Waals surface area contributed by atoms with Crippen LogP contribution in [0.15, 0.2) is 30.3 Å². The molecule has 1 aromatic carbocycles. The van der Waals surface area contributed by atoms with Crippen molar-refractivity contribution >= 4 is 5.57 Å². The van der Waals surface area contributed by atoms with Gasteiger partial charge in [0.2, 0.25) is 0 Å². The van der Waals surface area contributed by atoms with E-state index in [1.54, 1.807) is 0 Å². The molecule has 3 heteroatoms. The van der Waals surface area contributed by atoms with Crippen molar-refractivity contribution in [3.8, 4) is 5.75 Å². The monoisotopic (exact) mass is 273 g/mol. The van der Waals surface area contributed by atoms with Crippen molar-refractivity contribution in [2.75, 3.05) is 20.3 Å². The molecule has 1 fully saturated rings. The first-order chi connectivity index (χ1) is 9.63. The molecule has 2 atom stereocenters. The molecule has 0 aliphatic carbocycles. The Bertz CT molecular complexity index is 492. The van der Waals surface area contributed by atoms with Gasteiger partial charge in [0.15, 0.2) is 0 Å². The van der Waals surface area contributed by atoms with E-state index in [4.69, 9.17) is 9.47 Å². The largest absolute Gasteiger partial charge is 0.491 e. The predicted molar refractivity (Wildman–Crippen MR) is 81.0 cm³/mol. The molecule has 0 aromatic heterocycles. The average molecular weight is 273 g/mol. The van der Waals surface area contributed by atoms with Crippen molar-refractivity contribution in [2.24, 2.45) is 0 Å². The van der Waals surface area contributed by atoms with Crippen LogP contribution < -0.4 is 4.74 Å². The summed E-state index contributed by atoms with van der Waals surface area (Å²) in [4.78, 5) is 2.43. The fourth-order valence-corrected chi connectivity index (χ4v) is 2.99. The molecule has 0 N–H and O–H groups in total. The van der Waals surface area contributed by atoms with Crippen LogP contribution in [-0.4, -0.2) is 43.3 Å². The first kappa shape index (κ1) is 13.7. The highest BCUT2D eigenvalue weighted by Gasteiger charge is 2.32. The second kappa shape index (κ2) is 5.58. The van der Waals surface area contributed by atoms with Crippen LogP contribution >= 0.6 is 0 Å². The summed E-state index contributed by atoms with van der Waals surface area (Å²) in [5.41, 5.74) is 2.75. The van der Waals surface area contributed by atoms with Crippen LogP contribution in [0.5, 0.6) is 5.75 Å². The average Bonchev–Trinajstić information content (AvgIpc) is 2.39. The van der Waals surface area contributed by atoms with E-state index < -0.39 is 0 Å². The molecule has 3 nitrogen and oxygen atoms in total. The standard InChI is InChI=1S/C17H23NO2/c1-12(2)20-17-6-4-13(5-7-17)14-8-15-10-19-11-16(9-14)18(15)3/h4-8,12,15-16H,9-11H2,1-3H3. The normalized spacial score (nSPS) is 26.5. The highest BCUT2D eigenvalue weighted by Crippen LogP contribution is 2.32. The number of nitrogens with zero attached hydrogens (tertiary/aromatic N) is 1. The second-order valence-electron chi connectivity index (χ2n) is 6.01. The molecule has 0 radical (unpaired) electrons. The smallest absolute Gasteiger partial charge is 0.119 e. The van der Waals surface area contributed by atoms with Crippen molar-refractivity contribution in [3.63, 3.8) is 0 Å². The summed E-state index contributed by atoms with van der Waals surface area (Å²) < 4.78 is 11.3. The van der Waals surface area contributed by atoms with Gasteiger partial charge in [-0.3, -0.25) is 4.90 Å². The molecule has 0 amide bonds. The highest BCUT2D eigenvalue weighted by atomic mass is 16.5. The van der Waals surface area contributed by atoms with Gasteiger partial charge in [-0.25, -0.2) is 0 Å². The number of benzene rings is 1. The van der Waals surface area contributed by atoms with Crippen LogP contribution in [0.4, 0.5) is 0 Å². The Labute approximate surface area is 121 Å². The Hall–Kier alpha value is -1.32. The number of ether oxygens (including phenoxy) is 2. The molecule has 108 valence electrons. The fraction of sp³-hybridized carbons (Fsp3) is 0.529. The number of likely N-dealkylation sites (N-methyl/N-ethyl adjacent to an activating group) is 1. The lowest BCUT2D eigenvalue weighted by molar-refractivity contribution is -0.0221. The highest BCUT2D eigenvalue weighted by molar-refractivity contribution is 5.68. The zero-order valence-corrected chi connectivity index (χ0v) is 12.5. The van der Waals surface area contributed by atoms with Gasteiger partial charge in [0.1, 0.15) is 5.75 Å². The molecule has 1 saturated heterocycles. The lowest BCUT2D eigenvalue weighted by atomic mass is 9.90. The zero-order valence-electron chi connectivity index (χ0n) is 12.5. The minimum Gasteiger partial charge on any atom is -0.491 e. The van der Waals surface area contributed by atoms with Crippen molar-refractivity contribution < 1.29 is 9.47 Å². The van der Waals surface area contributed by atoms with Gasteiger partial charge in [-0.05, 0) is 50.6 Å². The summed E-state index contributed by atoms with van der Waals surface area (Å²) in [5.74, 6) is 0.945. The summed E-state index contributed by atoms with van der Waals surface area (Å²) in [6.45, 7) is 5.76. The number of hydrogen-bond donors (Lipinski definition) is 0. The number of rotatable bonds is 3. The summed E-state index contributed by atoms with van der Waals surface area (Å²) in [6.07, 6.45) is 3.64. The first-order valence-corrected chi connectivity index (χ1v) is 7.41. The predicted octanol–water partition coefficient (Wildman–Crippen LogP) is 2.96. The third-order valence-electron chi connectivity index (χ3n) is 4.14. The third-order valence-corrected chi connectivity index (χ3v) is 4.14. The van der Waals surface area contributed by atoms with Gasteiger partial charge in [-0.1, -0.05) is 18.2 Å². The Morgan fingerprint density at radius 1 is 1.20 bits per heavy atom. The molecule has 0 saturated carbocycles. The van der Waals surface area contributed by atoms with Gasteiger partial charge in [-0.2, -0.15) is 0 Å². The van der Waals surface area contributed by atoms with Crippen LogP contribution in [0.1, 0.15) is 25.8 Å². The topological polar surface area (TPSA) is 21.7 Å². The van der Waals surface area contributed by atoms with Gasteiger partial charge < -0.3 is 9.47 Å². The van der Waals surface area contributed by atoms with Gasteiger partial charge in [0.25, 0.3) is 0 Å². The van der Waals surface area contributed by atoms with E-state index >= 15 is 0 Å². The maximum atomic E-state index is 5.70. The number of morpholine rings is 1. The summed E-state index contributed by atoms with van der Waals surface area (Å²) in [7, 11) is 2.20. The second-order valence-corrected chi connectivity index (χ2v) is 6.01. The molecule has 20 heavy (non-hydrogen) atoms. The first-order valence-electron chi connectivity index (χ1n) is 7.41. The maximum Gasteiger partial charge on any atom is 0.119 e. The Morgan fingerprint density at radius 3 is 2.60 bits per heavy atom. The van der Waals surface area contributed by atoms with Gasteiger partial charge in [-0.15, -0.1) is 0 Å². The Morgan fingerprint density at radius 2 is 1.95 bits per heavy atom. The molecule has 2 bridgehead atoms. The maximum absolute atomic E-state index is 5.70. The Balaban J connectivity index is 1.79. The van der Waals surface area contributed by atoms with Crippen molar-refractivity contribution in [2.45, 2.75) is 38.5 Å². The number of fused-ring (bicyclic) bond motifs is 2. The van der Waals surface area contributed by atoms with Crippen LogP contribution in [0.2, 0.25) is 0 Å². The van der Waals surface area contributed by atoms with Crippen molar-refractivity contribution in [1.29, 1.82) is 0 Å². The molecular weight excluding hydrogens is 250 g/mol. The minimum atomic E-state index is 0.222. The molecule has 1 aromatic rings. The lowest BCUT2D eigenvalue weighted by Gasteiger charge is -2.42. The van der Waals surface area contributed by atoms with Crippen LogP contribution in [-0.2, 0) is 4.74 Å². The lowest BCUT2D eigenvalue weighted by Crippen LogP contribution is -2.51. The number of hydrogen-bond acceptors (Lipinski definition) is 3. The van der Waals surface area contributed by atoms with E-state index in [0.717, 1.165) is 25.4 Å². The van der Waals surface area contributed by atoms with E-state index in [0.29, 0.717) is 12.1 Å². The molecule has 2 aliphatic rings. The molecule has 2 heterocycles. The fourth-order valence-electron chi connectivity index (χ4n) is 2.99. The zero-order chi connectivity index (χ0) is 14.1. The van der Waals surface area contributed by atoms with Gasteiger partial charge in [0.05, 0.1) is 25.4 Å². The summed E-state index contributed by atoms with van der Waals surface area (Å²) >= 11 is 0. The van der Waals surface area contributed by atoms with Crippen LogP contribution in [0.3, 0.4) is 0 Å². The third kappa shape index (κ3) is 2.74. The summed E-state index contributed by atoms with van der Waals surface area (Å²) in [6, 6.07) is 9.42. The van der Waals surface area contributed by atoms with E-state index in [-0.39, 0.29) is 6.10 Å².